The molecule has 0 aliphatic heterocycles. The van der Waals surface area contributed by atoms with Crippen LogP contribution in [0.15, 0.2) is 30.3 Å². The van der Waals surface area contributed by atoms with Crippen molar-refractivity contribution in [1.29, 1.82) is 0 Å². The molecule has 2 aromatic heterocycles. The molecule has 2 heterocycles. The van der Waals surface area contributed by atoms with E-state index in [0.717, 1.165) is 48.7 Å². The van der Waals surface area contributed by atoms with Crippen molar-refractivity contribution in [2.45, 2.75) is 26.2 Å². The lowest BCUT2D eigenvalue weighted by Gasteiger charge is -2.14. The van der Waals surface area contributed by atoms with Crippen molar-refractivity contribution in [3.63, 3.8) is 0 Å². The molecule has 3 aromatic rings. The van der Waals surface area contributed by atoms with Crippen molar-refractivity contribution in [1.82, 2.24) is 14.6 Å². The molecular formula is C20H26N5+. The number of nitrogens with one attached hydrogen (secondary N) is 2. The summed E-state index contributed by atoms with van der Waals surface area (Å²) in [5.74, 6) is 1.14. The zero-order valence-electron chi connectivity index (χ0n) is 15.3. The summed E-state index contributed by atoms with van der Waals surface area (Å²) in [6.45, 7) is 4.09. The van der Waals surface area contributed by atoms with Crippen LogP contribution in [0.2, 0.25) is 0 Å². The number of nitrogens with zero attached hydrogens (tertiary/aromatic N) is 3. The molecule has 0 radical (unpaired) electrons. The van der Waals surface area contributed by atoms with Gasteiger partial charge in [-0.2, -0.15) is 9.61 Å². The highest BCUT2D eigenvalue weighted by Crippen LogP contribution is 2.34. The highest BCUT2D eigenvalue weighted by Gasteiger charge is 2.23. The first-order valence-electron chi connectivity index (χ1n) is 9.14. The van der Waals surface area contributed by atoms with E-state index in [-0.39, 0.29) is 0 Å². The third-order valence-electron chi connectivity index (χ3n) is 4.94. The molecule has 130 valence electrons. The minimum Gasteiger partial charge on any atom is -0.364 e. The van der Waals surface area contributed by atoms with Gasteiger partial charge in [-0.05, 0) is 31.7 Å². The number of aromatic nitrogens is 3. The molecule has 0 saturated heterocycles. The fraction of sp³-hybridized carbons (Fsp3) is 0.400. The van der Waals surface area contributed by atoms with Crippen LogP contribution in [0, 0.1) is 6.92 Å². The third kappa shape index (κ3) is 2.89. The molecule has 0 amide bonds. The minimum absolute atomic E-state index is 0.938. The van der Waals surface area contributed by atoms with Crippen LogP contribution in [-0.2, 0) is 12.8 Å². The topological polar surface area (TPSA) is 46.7 Å². The Morgan fingerprint density at radius 3 is 2.72 bits per heavy atom. The predicted octanol–water partition coefficient (Wildman–Crippen LogP) is 1.75. The van der Waals surface area contributed by atoms with Crippen LogP contribution >= 0.6 is 0 Å². The van der Waals surface area contributed by atoms with Gasteiger partial charge in [-0.25, -0.2) is 4.98 Å². The smallest absolute Gasteiger partial charge is 0.165 e. The van der Waals surface area contributed by atoms with Crippen LogP contribution in [0.4, 0.5) is 5.82 Å². The number of likely N-dealkylation sites (N-methyl/N-ethyl adjacent to an activating group) is 1. The van der Waals surface area contributed by atoms with E-state index in [1.165, 1.54) is 28.1 Å². The lowest BCUT2D eigenvalue weighted by molar-refractivity contribution is -0.856. The number of rotatable bonds is 5. The number of hydrogen-bond acceptors (Lipinski definition) is 3. The SMILES string of the molecule is Cc1nn2c(NCC[NH+](C)C)c3c(nc2c1-c1ccccc1)CCC3. The van der Waals surface area contributed by atoms with Gasteiger partial charge in [0.05, 0.1) is 32.9 Å². The second-order valence-electron chi connectivity index (χ2n) is 7.18. The largest absolute Gasteiger partial charge is 0.364 e. The average molecular weight is 336 g/mol. The van der Waals surface area contributed by atoms with Gasteiger partial charge >= 0.3 is 0 Å². The van der Waals surface area contributed by atoms with E-state index in [1.807, 2.05) is 10.6 Å². The summed E-state index contributed by atoms with van der Waals surface area (Å²) in [4.78, 5) is 6.45. The molecule has 4 rings (SSSR count). The molecular weight excluding hydrogens is 310 g/mol. The number of anilines is 1. The van der Waals surface area contributed by atoms with Gasteiger partial charge < -0.3 is 10.2 Å². The van der Waals surface area contributed by atoms with E-state index in [1.54, 1.807) is 0 Å². The number of hydrogen-bond donors (Lipinski definition) is 2. The molecule has 0 unspecified atom stereocenters. The van der Waals surface area contributed by atoms with E-state index in [0.29, 0.717) is 0 Å². The van der Waals surface area contributed by atoms with E-state index >= 15 is 0 Å². The zero-order valence-corrected chi connectivity index (χ0v) is 15.3. The Bertz CT molecular complexity index is 896. The average Bonchev–Trinajstić information content (AvgIpc) is 3.18. The van der Waals surface area contributed by atoms with Crippen molar-refractivity contribution in [2.75, 3.05) is 32.5 Å². The molecule has 0 fully saturated rings. The Labute approximate surface area is 148 Å². The Hall–Kier alpha value is -2.40. The molecule has 1 aromatic carbocycles. The molecule has 1 aliphatic rings. The maximum atomic E-state index is 5.01. The summed E-state index contributed by atoms with van der Waals surface area (Å²) in [6, 6.07) is 10.5. The van der Waals surface area contributed by atoms with Crippen LogP contribution in [0.25, 0.3) is 16.8 Å². The summed E-state index contributed by atoms with van der Waals surface area (Å²) >= 11 is 0. The fourth-order valence-corrected chi connectivity index (χ4v) is 3.69. The molecule has 1 aliphatic carbocycles. The summed E-state index contributed by atoms with van der Waals surface area (Å²) in [5, 5.41) is 8.50. The molecule has 0 spiro atoms. The summed E-state index contributed by atoms with van der Waals surface area (Å²) in [7, 11) is 4.36. The van der Waals surface area contributed by atoms with Gasteiger partial charge in [0.25, 0.3) is 0 Å². The molecule has 0 saturated carbocycles. The number of benzene rings is 1. The van der Waals surface area contributed by atoms with Gasteiger partial charge in [-0.1, -0.05) is 30.3 Å². The first kappa shape index (κ1) is 16.1. The normalized spacial score (nSPS) is 13.6. The Morgan fingerprint density at radius 2 is 1.96 bits per heavy atom. The monoisotopic (exact) mass is 336 g/mol. The van der Waals surface area contributed by atoms with Crippen LogP contribution in [-0.4, -0.2) is 41.8 Å². The summed E-state index contributed by atoms with van der Waals surface area (Å²) in [5.41, 5.74) is 6.93. The van der Waals surface area contributed by atoms with E-state index in [4.69, 9.17) is 10.1 Å². The van der Waals surface area contributed by atoms with Gasteiger partial charge in [0.1, 0.15) is 5.82 Å². The highest BCUT2D eigenvalue weighted by molar-refractivity contribution is 5.81. The van der Waals surface area contributed by atoms with Gasteiger partial charge in [0.15, 0.2) is 5.65 Å². The quantitative estimate of drug-likeness (QED) is 0.746. The Morgan fingerprint density at radius 1 is 1.16 bits per heavy atom. The molecule has 2 N–H and O–H groups in total. The number of fused-ring (bicyclic) bond motifs is 2. The lowest BCUT2D eigenvalue weighted by Crippen LogP contribution is -3.06. The molecule has 5 heteroatoms. The van der Waals surface area contributed by atoms with Crippen LogP contribution in [0.3, 0.4) is 0 Å². The van der Waals surface area contributed by atoms with Crippen molar-refractivity contribution >= 4 is 11.5 Å². The van der Waals surface area contributed by atoms with Crippen molar-refractivity contribution in [2.24, 2.45) is 0 Å². The Balaban J connectivity index is 1.86. The first-order valence-corrected chi connectivity index (χ1v) is 9.14. The van der Waals surface area contributed by atoms with Crippen molar-refractivity contribution in [3.8, 4) is 11.1 Å². The van der Waals surface area contributed by atoms with Crippen molar-refractivity contribution in [3.05, 3.63) is 47.3 Å². The van der Waals surface area contributed by atoms with Gasteiger partial charge in [0, 0.05) is 16.8 Å². The summed E-state index contributed by atoms with van der Waals surface area (Å²) < 4.78 is 2.03. The molecule has 5 nitrogen and oxygen atoms in total. The number of quaternary nitrogens is 1. The van der Waals surface area contributed by atoms with E-state index < -0.39 is 0 Å². The van der Waals surface area contributed by atoms with E-state index in [9.17, 15) is 0 Å². The second-order valence-corrected chi connectivity index (χ2v) is 7.18. The zero-order chi connectivity index (χ0) is 17.4. The lowest BCUT2D eigenvalue weighted by atomic mass is 10.1. The third-order valence-corrected chi connectivity index (χ3v) is 4.94. The van der Waals surface area contributed by atoms with Gasteiger partial charge in [-0.3, -0.25) is 0 Å². The van der Waals surface area contributed by atoms with E-state index in [2.05, 4.69) is 50.6 Å². The molecule has 25 heavy (non-hydrogen) atoms. The second kappa shape index (κ2) is 6.48. The van der Waals surface area contributed by atoms with Gasteiger partial charge in [0.2, 0.25) is 0 Å². The maximum absolute atomic E-state index is 5.01. The fourth-order valence-electron chi connectivity index (χ4n) is 3.69. The summed E-state index contributed by atoms with van der Waals surface area (Å²) in [6.07, 6.45) is 3.34. The molecule has 0 bridgehead atoms. The highest BCUT2D eigenvalue weighted by atomic mass is 15.3. The number of aryl methyl sites for hydroxylation is 2. The Kier molecular flexibility index (Phi) is 4.17. The first-order chi connectivity index (χ1) is 12.1. The predicted molar refractivity (Wildman–Crippen MR) is 101 cm³/mol. The molecule has 0 atom stereocenters. The van der Waals surface area contributed by atoms with Crippen LogP contribution < -0.4 is 10.2 Å². The van der Waals surface area contributed by atoms with Crippen molar-refractivity contribution < 1.29 is 4.90 Å². The maximum Gasteiger partial charge on any atom is 0.165 e. The minimum atomic E-state index is 0.938. The van der Waals surface area contributed by atoms with Crippen LogP contribution in [0.5, 0.6) is 0 Å². The standard InChI is InChI=1S/C20H25N5/c1-14-18(15-8-5-4-6-9-15)20-22-17-11-7-10-16(17)19(25(20)23-14)21-12-13-24(2)3/h4-6,8-9,21H,7,10-13H2,1-3H3/p+1. The van der Waals surface area contributed by atoms with Crippen LogP contribution in [0.1, 0.15) is 23.4 Å². The van der Waals surface area contributed by atoms with Gasteiger partial charge in [-0.15, -0.1) is 0 Å².